The molecule has 2 aliphatic heterocycles. The average molecular weight is 166 g/mol. The Labute approximate surface area is 74.8 Å². The first kappa shape index (κ1) is 8.27. The molecule has 3 atom stereocenters. The standard InChI is InChI=1S/C10H18N2/c1-3-9(2)12-7-6-11-5-4-10(12)8-11/h3,9-10H,1,4-8H2,2H3. The minimum Gasteiger partial charge on any atom is -0.300 e. The first-order valence-corrected chi connectivity index (χ1v) is 4.92. The van der Waals surface area contributed by atoms with Gasteiger partial charge in [0, 0.05) is 31.7 Å². The van der Waals surface area contributed by atoms with Gasteiger partial charge in [-0.1, -0.05) is 6.08 Å². The Morgan fingerprint density at radius 2 is 2.25 bits per heavy atom. The Bertz CT molecular complexity index is 179. The molecule has 0 amide bonds. The van der Waals surface area contributed by atoms with Gasteiger partial charge in [0.15, 0.2) is 0 Å². The summed E-state index contributed by atoms with van der Waals surface area (Å²) in [5.41, 5.74) is 0. The maximum Gasteiger partial charge on any atom is 0.0251 e. The molecule has 2 saturated heterocycles. The molecular weight excluding hydrogens is 148 g/mol. The van der Waals surface area contributed by atoms with E-state index >= 15 is 0 Å². The molecule has 0 radical (unpaired) electrons. The van der Waals surface area contributed by atoms with E-state index in [1.807, 2.05) is 0 Å². The molecule has 0 aromatic heterocycles. The maximum atomic E-state index is 3.86. The lowest BCUT2D eigenvalue weighted by Gasteiger charge is -2.37. The molecule has 2 rings (SSSR count). The van der Waals surface area contributed by atoms with Gasteiger partial charge in [0.05, 0.1) is 0 Å². The number of fused-ring (bicyclic) bond motifs is 2. The molecule has 3 unspecified atom stereocenters. The predicted molar refractivity (Wildman–Crippen MR) is 51.2 cm³/mol. The number of nitrogens with zero attached hydrogens (tertiary/aromatic N) is 2. The fourth-order valence-corrected chi connectivity index (χ4v) is 2.40. The molecule has 2 aliphatic rings. The molecule has 68 valence electrons. The highest BCUT2D eigenvalue weighted by molar-refractivity contribution is 4.95. The molecular formula is C10H18N2. The van der Waals surface area contributed by atoms with Gasteiger partial charge in [-0.25, -0.2) is 0 Å². The Kier molecular flexibility index (Phi) is 2.20. The van der Waals surface area contributed by atoms with E-state index < -0.39 is 0 Å². The lowest BCUT2D eigenvalue weighted by Crippen LogP contribution is -2.49. The van der Waals surface area contributed by atoms with E-state index in [2.05, 4.69) is 29.4 Å². The van der Waals surface area contributed by atoms with E-state index in [-0.39, 0.29) is 0 Å². The molecule has 0 aromatic rings. The van der Waals surface area contributed by atoms with Crippen LogP contribution in [0.3, 0.4) is 0 Å². The van der Waals surface area contributed by atoms with Crippen LogP contribution in [0.25, 0.3) is 0 Å². The van der Waals surface area contributed by atoms with Crippen molar-refractivity contribution in [2.75, 3.05) is 26.2 Å². The third kappa shape index (κ3) is 1.29. The van der Waals surface area contributed by atoms with Gasteiger partial charge in [0.2, 0.25) is 0 Å². The van der Waals surface area contributed by atoms with Crippen LogP contribution in [-0.4, -0.2) is 48.1 Å². The second-order valence-electron chi connectivity index (χ2n) is 3.96. The van der Waals surface area contributed by atoms with E-state index in [4.69, 9.17) is 0 Å². The summed E-state index contributed by atoms with van der Waals surface area (Å²) in [6.07, 6.45) is 3.42. The van der Waals surface area contributed by atoms with Crippen molar-refractivity contribution in [1.82, 2.24) is 9.80 Å². The maximum absolute atomic E-state index is 3.86. The second kappa shape index (κ2) is 3.19. The topological polar surface area (TPSA) is 6.48 Å². The lowest BCUT2D eigenvalue weighted by atomic mass is 10.1. The average Bonchev–Trinajstić information content (AvgIpc) is 2.47. The molecule has 0 spiro atoms. The molecule has 0 aromatic carbocycles. The van der Waals surface area contributed by atoms with Crippen molar-refractivity contribution in [3.05, 3.63) is 12.7 Å². The number of rotatable bonds is 2. The lowest BCUT2D eigenvalue weighted by molar-refractivity contribution is 0.116. The molecule has 2 fully saturated rings. The van der Waals surface area contributed by atoms with Gasteiger partial charge in [-0.05, 0) is 19.9 Å². The van der Waals surface area contributed by atoms with Gasteiger partial charge in [0.25, 0.3) is 0 Å². The van der Waals surface area contributed by atoms with E-state index in [0.717, 1.165) is 6.04 Å². The summed E-state index contributed by atoms with van der Waals surface area (Å²) in [5, 5.41) is 0. The first-order chi connectivity index (χ1) is 5.81. The quantitative estimate of drug-likeness (QED) is 0.564. The summed E-state index contributed by atoms with van der Waals surface area (Å²) in [7, 11) is 0. The van der Waals surface area contributed by atoms with Crippen LogP contribution in [0.5, 0.6) is 0 Å². The highest BCUT2D eigenvalue weighted by Gasteiger charge is 2.33. The van der Waals surface area contributed by atoms with Crippen LogP contribution < -0.4 is 0 Å². The van der Waals surface area contributed by atoms with Crippen molar-refractivity contribution in [3.63, 3.8) is 0 Å². The highest BCUT2D eigenvalue weighted by atomic mass is 15.3. The Hall–Kier alpha value is -0.340. The highest BCUT2D eigenvalue weighted by Crippen LogP contribution is 2.22. The molecule has 2 heterocycles. The van der Waals surface area contributed by atoms with Crippen molar-refractivity contribution in [2.24, 2.45) is 0 Å². The summed E-state index contributed by atoms with van der Waals surface area (Å²) in [5.74, 6) is 0. The molecule has 0 N–H and O–H groups in total. The normalized spacial score (nSPS) is 38.1. The largest absolute Gasteiger partial charge is 0.300 e. The summed E-state index contributed by atoms with van der Waals surface area (Å²) < 4.78 is 0. The van der Waals surface area contributed by atoms with Crippen molar-refractivity contribution in [1.29, 1.82) is 0 Å². The van der Waals surface area contributed by atoms with E-state index in [9.17, 15) is 0 Å². The van der Waals surface area contributed by atoms with Crippen LogP contribution in [0.1, 0.15) is 13.3 Å². The van der Waals surface area contributed by atoms with Crippen molar-refractivity contribution < 1.29 is 0 Å². The Morgan fingerprint density at radius 1 is 1.42 bits per heavy atom. The van der Waals surface area contributed by atoms with Crippen LogP contribution >= 0.6 is 0 Å². The van der Waals surface area contributed by atoms with Crippen LogP contribution in [0.4, 0.5) is 0 Å². The smallest absolute Gasteiger partial charge is 0.0251 e. The fourth-order valence-electron chi connectivity index (χ4n) is 2.40. The van der Waals surface area contributed by atoms with E-state index in [1.54, 1.807) is 0 Å². The Morgan fingerprint density at radius 3 is 3.00 bits per heavy atom. The van der Waals surface area contributed by atoms with Gasteiger partial charge >= 0.3 is 0 Å². The molecule has 2 bridgehead atoms. The third-order valence-electron chi connectivity index (χ3n) is 3.26. The third-order valence-corrected chi connectivity index (χ3v) is 3.26. The van der Waals surface area contributed by atoms with Gasteiger partial charge in [-0.15, -0.1) is 6.58 Å². The first-order valence-electron chi connectivity index (χ1n) is 4.92. The number of hydrogen-bond donors (Lipinski definition) is 0. The summed E-state index contributed by atoms with van der Waals surface area (Å²) >= 11 is 0. The zero-order valence-electron chi connectivity index (χ0n) is 7.87. The van der Waals surface area contributed by atoms with Crippen LogP contribution in [0.15, 0.2) is 12.7 Å². The van der Waals surface area contributed by atoms with Gasteiger partial charge < -0.3 is 4.90 Å². The summed E-state index contributed by atoms with van der Waals surface area (Å²) in [4.78, 5) is 5.16. The minimum absolute atomic E-state index is 0.565. The van der Waals surface area contributed by atoms with Gasteiger partial charge in [0.1, 0.15) is 0 Å². The van der Waals surface area contributed by atoms with Crippen molar-refractivity contribution in [2.45, 2.75) is 25.4 Å². The molecule has 12 heavy (non-hydrogen) atoms. The second-order valence-corrected chi connectivity index (χ2v) is 3.96. The van der Waals surface area contributed by atoms with Crippen LogP contribution in [0, 0.1) is 0 Å². The zero-order valence-corrected chi connectivity index (χ0v) is 7.87. The Balaban J connectivity index is 2.02. The molecule has 0 saturated carbocycles. The molecule has 0 aliphatic carbocycles. The summed E-state index contributed by atoms with van der Waals surface area (Å²) in [6.45, 7) is 11.2. The summed E-state index contributed by atoms with van der Waals surface area (Å²) in [6, 6.07) is 1.38. The SMILES string of the molecule is C=CC(C)N1CCN2CCC1C2. The van der Waals surface area contributed by atoms with E-state index in [1.165, 1.54) is 32.6 Å². The number of hydrogen-bond acceptors (Lipinski definition) is 2. The zero-order chi connectivity index (χ0) is 8.55. The predicted octanol–water partition coefficient (Wildman–Crippen LogP) is 0.951. The van der Waals surface area contributed by atoms with Crippen molar-refractivity contribution >= 4 is 0 Å². The van der Waals surface area contributed by atoms with Gasteiger partial charge in [-0.2, -0.15) is 0 Å². The minimum atomic E-state index is 0.565. The number of piperazine rings is 1. The van der Waals surface area contributed by atoms with Crippen LogP contribution in [-0.2, 0) is 0 Å². The van der Waals surface area contributed by atoms with Crippen LogP contribution in [0.2, 0.25) is 0 Å². The van der Waals surface area contributed by atoms with Crippen molar-refractivity contribution in [3.8, 4) is 0 Å². The van der Waals surface area contributed by atoms with Gasteiger partial charge in [-0.3, -0.25) is 4.90 Å². The molecule has 2 nitrogen and oxygen atoms in total. The fraction of sp³-hybridized carbons (Fsp3) is 0.800. The molecule has 2 heteroatoms. The monoisotopic (exact) mass is 166 g/mol. The van der Waals surface area contributed by atoms with E-state index in [0.29, 0.717) is 6.04 Å².